The molecule has 118 valence electrons. The molecule has 0 saturated carbocycles. The highest BCUT2D eigenvalue weighted by atomic mass is 32.2. The van der Waals surface area contributed by atoms with Crippen molar-refractivity contribution in [3.63, 3.8) is 0 Å². The van der Waals surface area contributed by atoms with E-state index in [2.05, 4.69) is 0 Å². The summed E-state index contributed by atoms with van der Waals surface area (Å²) in [5.74, 6) is -1.22. The second kappa shape index (κ2) is 6.42. The van der Waals surface area contributed by atoms with Crippen molar-refractivity contribution in [2.45, 2.75) is 17.9 Å². The topological polar surface area (TPSA) is 98.2 Å². The third kappa shape index (κ3) is 3.93. The number of aliphatic hydroxyl groups excluding tert-OH is 1. The van der Waals surface area contributed by atoms with E-state index in [4.69, 9.17) is 0 Å². The van der Waals surface area contributed by atoms with E-state index in [1.54, 1.807) is 18.9 Å². The standard InChI is InChI=1S/C13H20N2O5S/c1-9(16)8-15(4)12-6-5-10(7-11(12)13(17)18)21(19,20)14(2)3/h5-7,9,16H,8H2,1-4H3,(H,17,18). The molecule has 0 bridgehead atoms. The maximum Gasteiger partial charge on any atom is 0.337 e. The number of carbonyl (C=O) groups is 1. The largest absolute Gasteiger partial charge is 0.478 e. The SMILES string of the molecule is CC(O)CN(C)c1ccc(S(=O)(=O)N(C)C)cc1C(=O)O. The molecule has 1 aromatic carbocycles. The molecule has 0 aliphatic rings. The molecule has 0 fully saturated rings. The first-order chi connectivity index (χ1) is 9.57. The Balaban J connectivity index is 3.36. The zero-order valence-corrected chi connectivity index (χ0v) is 13.3. The molecule has 0 heterocycles. The van der Waals surface area contributed by atoms with Crippen molar-refractivity contribution >= 4 is 21.7 Å². The molecule has 2 N–H and O–H groups in total. The Morgan fingerprint density at radius 3 is 2.29 bits per heavy atom. The van der Waals surface area contributed by atoms with Crippen molar-refractivity contribution in [2.24, 2.45) is 0 Å². The van der Waals surface area contributed by atoms with E-state index in [1.165, 1.54) is 26.2 Å². The first kappa shape index (κ1) is 17.4. The van der Waals surface area contributed by atoms with E-state index in [-0.39, 0.29) is 17.0 Å². The molecule has 0 aliphatic carbocycles. The molecule has 0 radical (unpaired) electrons. The molecular formula is C13H20N2O5S. The number of sulfonamides is 1. The summed E-state index contributed by atoms with van der Waals surface area (Å²) < 4.78 is 25.1. The molecule has 0 aliphatic heterocycles. The molecule has 1 atom stereocenters. The van der Waals surface area contributed by atoms with E-state index in [0.29, 0.717) is 5.69 Å². The summed E-state index contributed by atoms with van der Waals surface area (Å²) in [6.07, 6.45) is -0.637. The van der Waals surface area contributed by atoms with Gasteiger partial charge in [-0.1, -0.05) is 0 Å². The second-order valence-electron chi connectivity index (χ2n) is 5.00. The predicted molar refractivity (Wildman–Crippen MR) is 79.2 cm³/mol. The Morgan fingerprint density at radius 1 is 1.29 bits per heavy atom. The van der Waals surface area contributed by atoms with Crippen LogP contribution in [0.1, 0.15) is 17.3 Å². The maximum atomic E-state index is 12.0. The van der Waals surface area contributed by atoms with Crippen LogP contribution in [0.25, 0.3) is 0 Å². The van der Waals surface area contributed by atoms with Crippen LogP contribution >= 0.6 is 0 Å². The van der Waals surface area contributed by atoms with Gasteiger partial charge in [-0.05, 0) is 25.1 Å². The normalized spacial score (nSPS) is 13.2. The first-order valence-electron chi connectivity index (χ1n) is 6.26. The average molecular weight is 316 g/mol. The highest BCUT2D eigenvalue weighted by Crippen LogP contribution is 2.25. The van der Waals surface area contributed by atoms with Crippen molar-refractivity contribution < 1.29 is 23.4 Å². The van der Waals surface area contributed by atoms with Crippen LogP contribution in [0.15, 0.2) is 23.1 Å². The van der Waals surface area contributed by atoms with E-state index >= 15 is 0 Å². The van der Waals surface area contributed by atoms with Crippen LogP contribution in [0, 0.1) is 0 Å². The summed E-state index contributed by atoms with van der Waals surface area (Å²) in [7, 11) is 0.694. The lowest BCUT2D eigenvalue weighted by molar-refractivity contribution is 0.0697. The number of likely N-dealkylation sites (N-methyl/N-ethyl adjacent to an activating group) is 1. The molecule has 7 nitrogen and oxygen atoms in total. The summed E-state index contributed by atoms with van der Waals surface area (Å²) >= 11 is 0. The van der Waals surface area contributed by atoms with E-state index in [9.17, 15) is 23.4 Å². The number of nitrogens with zero attached hydrogens (tertiary/aromatic N) is 2. The molecule has 0 aromatic heterocycles. The van der Waals surface area contributed by atoms with Crippen LogP contribution in [-0.2, 0) is 10.0 Å². The summed E-state index contributed by atoms with van der Waals surface area (Å²) in [6, 6.07) is 3.92. The number of carboxylic acids is 1. The third-order valence-electron chi connectivity index (χ3n) is 2.93. The number of aliphatic hydroxyl groups is 1. The quantitative estimate of drug-likeness (QED) is 0.791. The molecule has 8 heteroatoms. The van der Waals surface area contributed by atoms with Crippen LogP contribution < -0.4 is 4.90 Å². The van der Waals surface area contributed by atoms with Gasteiger partial charge in [0.1, 0.15) is 0 Å². The smallest absolute Gasteiger partial charge is 0.337 e. The van der Waals surface area contributed by atoms with Gasteiger partial charge in [-0.25, -0.2) is 17.5 Å². The average Bonchev–Trinajstić information content (AvgIpc) is 2.36. The van der Waals surface area contributed by atoms with Gasteiger partial charge in [0.2, 0.25) is 10.0 Å². The van der Waals surface area contributed by atoms with E-state index in [1.807, 2.05) is 0 Å². The van der Waals surface area contributed by atoms with Crippen molar-refractivity contribution in [1.82, 2.24) is 4.31 Å². The molecule has 0 saturated heterocycles. The van der Waals surface area contributed by atoms with Crippen molar-refractivity contribution in [3.05, 3.63) is 23.8 Å². The van der Waals surface area contributed by atoms with Gasteiger partial charge in [0, 0.05) is 27.7 Å². The minimum absolute atomic E-state index is 0.0842. The van der Waals surface area contributed by atoms with Gasteiger partial charge in [0.25, 0.3) is 0 Å². The molecular weight excluding hydrogens is 296 g/mol. The zero-order valence-electron chi connectivity index (χ0n) is 12.4. The molecule has 1 aromatic rings. The molecule has 0 spiro atoms. The Bertz CT molecular complexity index is 625. The summed E-state index contributed by atoms with van der Waals surface area (Å²) in [5, 5.41) is 18.7. The van der Waals surface area contributed by atoms with Gasteiger partial charge in [-0.15, -0.1) is 0 Å². The van der Waals surface area contributed by atoms with Gasteiger partial charge in [-0.2, -0.15) is 0 Å². The lowest BCUT2D eigenvalue weighted by Gasteiger charge is -2.23. The Kier molecular flexibility index (Phi) is 5.32. The van der Waals surface area contributed by atoms with E-state index in [0.717, 1.165) is 10.4 Å². The van der Waals surface area contributed by atoms with Crippen molar-refractivity contribution in [1.29, 1.82) is 0 Å². The Hall–Kier alpha value is -1.64. The second-order valence-corrected chi connectivity index (χ2v) is 7.15. The predicted octanol–water partition coefficient (Wildman–Crippen LogP) is 0.452. The lowest BCUT2D eigenvalue weighted by atomic mass is 10.1. The summed E-state index contributed by atoms with van der Waals surface area (Å²) in [5.41, 5.74) is 0.224. The number of aromatic carboxylic acids is 1. The summed E-state index contributed by atoms with van der Waals surface area (Å²) in [4.78, 5) is 12.8. The van der Waals surface area contributed by atoms with E-state index < -0.39 is 22.1 Å². The molecule has 0 amide bonds. The lowest BCUT2D eigenvalue weighted by Crippen LogP contribution is -2.29. The maximum absolute atomic E-state index is 12.0. The fourth-order valence-electron chi connectivity index (χ4n) is 1.89. The van der Waals surface area contributed by atoms with Gasteiger partial charge in [-0.3, -0.25) is 0 Å². The highest BCUT2D eigenvalue weighted by Gasteiger charge is 2.22. The van der Waals surface area contributed by atoms with Crippen LogP contribution in [0.4, 0.5) is 5.69 Å². The summed E-state index contributed by atoms with van der Waals surface area (Å²) in [6.45, 7) is 1.82. The Morgan fingerprint density at radius 2 is 1.86 bits per heavy atom. The molecule has 1 rings (SSSR count). The highest BCUT2D eigenvalue weighted by molar-refractivity contribution is 7.89. The fraction of sp³-hybridized carbons (Fsp3) is 0.462. The first-order valence-corrected chi connectivity index (χ1v) is 7.70. The van der Waals surface area contributed by atoms with Gasteiger partial charge < -0.3 is 15.1 Å². The fourth-order valence-corrected chi connectivity index (χ4v) is 2.81. The van der Waals surface area contributed by atoms with Crippen molar-refractivity contribution in [2.75, 3.05) is 32.6 Å². The van der Waals surface area contributed by atoms with Crippen LogP contribution in [-0.4, -0.2) is 62.7 Å². The van der Waals surface area contributed by atoms with Gasteiger partial charge in [0.15, 0.2) is 0 Å². The monoisotopic (exact) mass is 316 g/mol. The molecule has 21 heavy (non-hydrogen) atoms. The number of anilines is 1. The number of hydrogen-bond donors (Lipinski definition) is 2. The van der Waals surface area contributed by atoms with Crippen LogP contribution in [0.3, 0.4) is 0 Å². The molecule has 1 unspecified atom stereocenters. The van der Waals surface area contributed by atoms with Crippen LogP contribution in [0.2, 0.25) is 0 Å². The number of hydrogen-bond acceptors (Lipinski definition) is 5. The Labute approximate surface area is 124 Å². The minimum atomic E-state index is -3.70. The zero-order chi connectivity index (χ0) is 16.4. The minimum Gasteiger partial charge on any atom is -0.478 e. The van der Waals surface area contributed by atoms with Crippen molar-refractivity contribution in [3.8, 4) is 0 Å². The van der Waals surface area contributed by atoms with Gasteiger partial charge in [0.05, 0.1) is 22.3 Å². The number of carboxylic acid groups (broad SMARTS) is 1. The van der Waals surface area contributed by atoms with Crippen LogP contribution in [0.5, 0.6) is 0 Å². The number of rotatable bonds is 6. The third-order valence-corrected chi connectivity index (χ3v) is 4.74. The van der Waals surface area contributed by atoms with Gasteiger partial charge >= 0.3 is 5.97 Å². The number of benzene rings is 1.